The zero-order chi connectivity index (χ0) is 13.0. The van der Waals surface area contributed by atoms with Crippen molar-refractivity contribution in [1.29, 1.82) is 0 Å². The summed E-state index contributed by atoms with van der Waals surface area (Å²) in [5.41, 5.74) is 3.41. The Hall–Kier alpha value is -1.94. The van der Waals surface area contributed by atoms with Crippen LogP contribution in [0.15, 0.2) is 36.7 Å². The number of aryl methyl sites for hydroxylation is 1. The third-order valence-electron chi connectivity index (χ3n) is 2.79. The molecule has 0 aliphatic carbocycles. The standard InChI is InChI=1S/C14H18N4/c1-11-4-6-13(7-5-11)18(3)14-16-9-12(8-15-2)10-17-14/h4-7,9-10,15H,8H2,1-3H3. The van der Waals surface area contributed by atoms with Crippen LogP contribution in [0.2, 0.25) is 0 Å². The number of hydrogen-bond donors (Lipinski definition) is 1. The molecule has 2 rings (SSSR count). The highest BCUT2D eigenvalue weighted by molar-refractivity contribution is 5.56. The van der Waals surface area contributed by atoms with Crippen LogP contribution >= 0.6 is 0 Å². The molecule has 0 saturated carbocycles. The number of benzene rings is 1. The molecule has 0 aliphatic heterocycles. The zero-order valence-corrected chi connectivity index (χ0v) is 11.0. The first-order valence-corrected chi connectivity index (χ1v) is 5.96. The van der Waals surface area contributed by atoms with Crippen LogP contribution in [0.5, 0.6) is 0 Å². The van der Waals surface area contributed by atoms with Gasteiger partial charge in [-0.2, -0.15) is 0 Å². The molecule has 0 atom stereocenters. The van der Waals surface area contributed by atoms with E-state index in [9.17, 15) is 0 Å². The number of nitrogens with one attached hydrogen (secondary N) is 1. The van der Waals surface area contributed by atoms with Gasteiger partial charge >= 0.3 is 0 Å². The van der Waals surface area contributed by atoms with E-state index in [1.807, 2.05) is 31.4 Å². The number of rotatable bonds is 4. The van der Waals surface area contributed by atoms with E-state index < -0.39 is 0 Å². The molecule has 0 fully saturated rings. The van der Waals surface area contributed by atoms with Gasteiger partial charge in [0.1, 0.15) is 0 Å². The molecule has 0 radical (unpaired) electrons. The highest BCUT2D eigenvalue weighted by Crippen LogP contribution is 2.19. The summed E-state index contributed by atoms with van der Waals surface area (Å²) in [6.07, 6.45) is 3.70. The molecule has 0 spiro atoms. The lowest BCUT2D eigenvalue weighted by molar-refractivity contribution is 0.805. The van der Waals surface area contributed by atoms with Crippen LogP contribution in [0, 0.1) is 6.92 Å². The summed E-state index contributed by atoms with van der Waals surface area (Å²) in [6, 6.07) is 8.31. The van der Waals surface area contributed by atoms with E-state index in [1.165, 1.54) is 5.56 Å². The maximum atomic E-state index is 4.37. The molecular formula is C14H18N4. The first-order chi connectivity index (χ1) is 8.70. The lowest BCUT2D eigenvalue weighted by atomic mass is 10.2. The van der Waals surface area contributed by atoms with Gasteiger partial charge in [0.2, 0.25) is 5.95 Å². The largest absolute Gasteiger partial charge is 0.316 e. The Kier molecular flexibility index (Phi) is 3.89. The van der Waals surface area contributed by atoms with Crippen LogP contribution in [0.4, 0.5) is 11.6 Å². The molecule has 1 aromatic carbocycles. The van der Waals surface area contributed by atoms with Gasteiger partial charge in [-0.15, -0.1) is 0 Å². The summed E-state index contributed by atoms with van der Waals surface area (Å²) in [5, 5.41) is 3.08. The molecule has 0 amide bonds. The zero-order valence-electron chi connectivity index (χ0n) is 11.0. The van der Waals surface area contributed by atoms with Gasteiger partial charge in [0.25, 0.3) is 0 Å². The summed E-state index contributed by atoms with van der Waals surface area (Å²) in [5.74, 6) is 0.707. The van der Waals surface area contributed by atoms with Crippen molar-refractivity contribution in [2.24, 2.45) is 0 Å². The fourth-order valence-corrected chi connectivity index (χ4v) is 1.70. The van der Waals surface area contributed by atoms with Crippen molar-refractivity contribution in [2.45, 2.75) is 13.5 Å². The van der Waals surface area contributed by atoms with Crippen molar-refractivity contribution in [3.05, 3.63) is 47.8 Å². The van der Waals surface area contributed by atoms with E-state index >= 15 is 0 Å². The second-order valence-electron chi connectivity index (χ2n) is 4.32. The minimum Gasteiger partial charge on any atom is -0.316 e. The monoisotopic (exact) mass is 242 g/mol. The SMILES string of the molecule is CNCc1cnc(N(C)c2ccc(C)cc2)nc1. The summed E-state index contributed by atoms with van der Waals surface area (Å²) in [7, 11) is 3.88. The molecule has 0 saturated heterocycles. The third kappa shape index (κ3) is 2.84. The van der Waals surface area contributed by atoms with Gasteiger partial charge in [0, 0.05) is 37.2 Å². The molecule has 18 heavy (non-hydrogen) atoms. The van der Waals surface area contributed by atoms with E-state index in [0.717, 1.165) is 17.8 Å². The molecule has 4 nitrogen and oxygen atoms in total. The minimum absolute atomic E-state index is 0.707. The predicted molar refractivity (Wildman–Crippen MR) is 74.0 cm³/mol. The molecule has 0 aliphatic rings. The Bertz CT molecular complexity index is 490. The van der Waals surface area contributed by atoms with E-state index in [-0.39, 0.29) is 0 Å². The average molecular weight is 242 g/mol. The Morgan fingerprint density at radius 1 is 1.11 bits per heavy atom. The van der Waals surface area contributed by atoms with E-state index in [4.69, 9.17) is 0 Å². The Balaban J connectivity index is 2.17. The fraction of sp³-hybridized carbons (Fsp3) is 0.286. The second-order valence-corrected chi connectivity index (χ2v) is 4.32. The van der Waals surface area contributed by atoms with Gasteiger partial charge in [-0.3, -0.25) is 0 Å². The van der Waals surface area contributed by atoms with Crippen LogP contribution < -0.4 is 10.2 Å². The van der Waals surface area contributed by atoms with Crippen molar-refractivity contribution < 1.29 is 0 Å². The van der Waals surface area contributed by atoms with E-state index in [1.54, 1.807) is 0 Å². The van der Waals surface area contributed by atoms with Crippen LogP contribution in [0.1, 0.15) is 11.1 Å². The summed E-state index contributed by atoms with van der Waals surface area (Å²) < 4.78 is 0. The van der Waals surface area contributed by atoms with Crippen LogP contribution in [-0.4, -0.2) is 24.1 Å². The summed E-state index contributed by atoms with van der Waals surface area (Å²) in [4.78, 5) is 10.7. The maximum Gasteiger partial charge on any atom is 0.229 e. The van der Waals surface area contributed by atoms with Crippen LogP contribution in [-0.2, 0) is 6.54 Å². The lowest BCUT2D eigenvalue weighted by Crippen LogP contribution is -2.14. The van der Waals surface area contributed by atoms with Gasteiger partial charge in [0.05, 0.1) is 0 Å². The number of nitrogens with zero attached hydrogens (tertiary/aromatic N) is 3. The number of hydrogen-bond acceptors (Lipinski definition) is 4. The van der Waals surface area contributed by atoms with Gasteiger partial charge in [-0.05, 0) is 26.1 Å². The molecule has 94 valence electrons. The minimum atomic E-state index is 0.707. The Morgan fingerprint density at radius 2 is 1.72 bits per heavy atom. The highest BCUT2D eigenvalue weighted by atomic mass is 15.2. The average Bonchev–Trinajstić information content (AvgIpc) is 2.40. The van der Waals surface area contributed by atoms with Crippen LogP contribution in [0.3, 0.4) is 0 Å². The number of aromatic nitrogens is 2. The quantitative estimate of drug-likeness (QED) is 0.893. The molecule has 1 heterocycles. The molecule has 1 N–H and O–H groups in total. The third-order valence-corrected chi connectivity index (χ3v) is 2.79. The Labute approximate surface area is 108 Å². The maximum absolute atomic E-state index is 4.37. The highest BCUT2D eigenvalue weighted by Gasteiger charge is 2.06. The van der Waals surface area contributed by atoms with Gasteiger partial charge in [-0.25, -0.2) is 9.97 Å². The second kappa shape index (κ2) is 5.60. The first kappa shape index (κ1) is 12.5. The van der Waals surface area contributed by atoms with Crippen molar-refractivity contribution in [3.63, 3.8) is 0 Å². The van der Waals surface area contributed by atoms with E-state index in [2.05, 4.69) is 46.5 Å². The van der Waals surface area contributed by atoms with Crippen molar-refractivity contribution >= 4 is 11.6 Å². The number of anilines is 2. The van der Waals surface area contributed by atoms with Gasteiger partial charge < -0.3 is 10.2 Å². The molecule has 1 aromatic heterocycles. The lowest BCUT2D eigenvalue weighted by Gasteiger charge is -2.17. The predicted octanol–water partition coefficient (Wildman–Crippen LogP) is 2.27. The summed E-state index contributed by atoms with van der Waals surface area (Å²) >= 11 is 0. The van der Waals surface area contributed by atoms with Crippen molar-refractivity contribution in [3.8, 4) is 0 Å². The van der Waals surface area contributed by atoms with Gasteiger partial charge in [-0.1, -0.05) is 17.7 Å². The molecule has 0 unspecified atom stereocenters. The van der Waals surface area contributed by atoms with Crippen molar-refractivity contribution in [2.75, 3.05) is 19.0 Å². The van der Waals surface area contributed by atoms with Crippen molar-refractivity contribution in [1.82, 2.24) is 15.3 Å². The smallest absolute Gasteiger partial charge is 0.229 e. The fourth-order valence-electron chi connectivity index (χ4n) is 1.70. The van der Waals surface area contributed by atoms with Crippen LogP contribution in [0.25, 0.3) is 0 Å². The molecule has 2 aromatic rings. The van der Waals surface area contributed by atoms with E-state index in [0.29, 0.717) is 5.95 Å². The Morgan fingerprint density at radius 3 is 2.28 bits per heavy atom. The molecule has 4 heteroatoms. The molecule has 0 bridgehead atoms. The van der Waals surface area contributed by atoms with Gasteiger partial charge in [0.15, 0.2) is 0 Å². The molecular weight excluding hydrogens is 224 g/mol. The topological polar surface area (TPSA) is 41.1 Å². The first-order valence-electron chi connectivity index (χ1n) is 5.96. The normalized spacial score (nSPS) is 10.4. The summed E-state index contributed by atoms with van der Waals surface area (Å²) in [6.45, 7) is 2.86.